The Morgan fingerprint density at radius 3 is 2.48 bits per heavy atom. The van der Waals surface area contributed by atoms with Gasteiger partial charge in [0.1, 0.15) is 0 Å². The van der Waals surface area contributed by atoms with Gasteiger partial charge in [-0.2, -0.15) is 4.98 Å². The van der Waals surface area contributed by atoms with Crippen LogP contribution in [-0.2, 0) is 0 Å². The molecule has 0 atom stereocenters. The summed E-state index contributed by atoms with van der Waals surface area (Å²) in [4.78, 5) is 4.11. The van der Waals surface area contributed by atoms with Gasteiger partial charge in [0.05, 0.1) is 19.9 Å². The highest BCUT2D eigenvalue weighted by molar-refractivity contribution is 5.68. The SMILES string of the molecule is COc1ccc(-c2ccc(OC)c3nc(N)nn23)cc1F. The Balaban J connectivity index is 2.23. The number of hydrogen-bond acceptors (Lipinski definition) is 5. The molecule has 2 aromatic heterocycles. The van der Waals surface area contributed by atoms with E-state index < -0.39 is 5.82 Å². The Morgan fingerprint density at radius 1 is 1.10 bits per heavy atom. The topological polar surface area (TPSA) is 74.7 Å². The predicted octanol–water partition coefficient (Wildman–Crippen LogP) is 2.13. The second-order valence-electron chi connectivity index (χ2n) is 4.34. The van der Waals surface area contributed by atoms with Gasteiger partial charge in [-0.15, -0.1) is 5.10 Å². The van der Waals surface area contributed by atoms with Crippen molar-refractivity contribution in [3.05, 3.63) is 36.1 Å². The predicted molar refractivity (Wildman–Crippen MR) is 75.9 cm³/mol. The van der Waals surface area contributed by atoms with E-state index >= 15 is 0 Å². The van der Waals surface area contributed by atoms with Crippen LogP contribution in [0.5, 0.6) is 11.5 Å². The third kappa shape index (κ3) is 2.12. The highest BCUT2D eigenvalue weighted by atomic mass is 19.1. The number of methoxy groups -OCH3 is 2. The van der Waals surface area contributed by atoms with Crippen molar-refractivity contribution in [1.29, 1.82) is 0 Å². The van der Waals surface area contributed by atoms with Gasteiger partial charge in [-0.3, -0.25) is 0 Å². The van der Waals surface area contributed by atoms with Gasteiger partial charge >= 0.3 is 0 Å². The fourth-order valence-electron chi connectivity index (χ4n) is 2.16. The van der Waals surface area contributed by atoms with Gasteiger partial charge in [0.25, 0.3) is 0 Å². The molecule has 2 N–H and O–H groups in total. The third-order valence-electron chi connectivity index (χ3n) is 3.13. The van der Waals surface area contributed by atoms with E-state index in [-0.39, 0.29) is 11.7 Å². The lowest BCUT2D eigenvalue weighted by atomic mass is 10.1. The van der Waals surface area contributed by atoms with Crippen LogP contribution < -0.4 is 15.2 Å². The van der Waals surface area contributed by atoms with E-state index in [0.29, 0.717) is 22.7 Å². The summed E-state index contributed by atoms with van der Waals surface area (Å²) in [5.74, 6) is 0.389. The molecule has 7 heteroatoms. The molecule has 0 aliphatic heterocycles. The average Bonchev–Trinajstić information content (AvgIpc) is 2.87. The fourth-order valence-corrected chi connectivity index (χ4v) is 2.16. The minimum absolute atomic E-state index is 0.120. The number of aromatic nitrogens is 3. The van der Waals surface area contributed by atoms with E-state index in [1.54, 1.807) is 24.3 Å². The Kier molecular flexibility index (Phi) is 3.09. The molecule has 1 aromatic carbocycles. The maximum atomic E-state index is 13.9. The van der Waals surface area contributed by atoms with Crippen molar-refractivity contribution in [2.45, 2.75) is 0 Å². The third-order valence-corrected chi connectivity index (χ3v) is 3.13. The summed E-state index contributed by atoms with van der Waals surface area (Å²) < 4.78 is 25.5. The standard InChI is InChI=1S/C14H13FN4O2/c1-20-11-5-3-8(7-9(11)15)10-4-6-12(21-2)13-17-14(16)18-19(10)13/h3-7H,1-2H3,(H2,16,18). The Hall–Kier alpha value is -2.83. The summed E-state index contributed by atoms with van der Waals surface area (Å²) in [7, 11) is 2.95. The molecule has 0 aliphatic rings. The number of nitrogens with zero attached hydrogens (tertiary/aromatic N) is 3. The van der Waals surface area contributed by atoms with E-state index in [1.807, 2.05) is 0 Å². The second kappa shape index (κ2) is 4.93. The van der Waals surface area contributed by atoms with Crippen molar-refractivity contribution in [2.24, 2.45) is 0 Å². The van der Waals surface area contributed by atoms with Crippen LogP contribution in [0.3, 0.4) is 0 Å². The number of nitrogens with two attached hydrogens (primary N) is 1. The minimum atomic E-state index is -0.452. The molecule has 0 aliphatic carbocycles. The summed E-state index contributed by atoms with van der Waals surface area (Å²) >= 11 is 0. The first-order valence-corrected chi connectivity index (χ1v) is 6.17. The van der Waals surface area contributed by atoms with Crippen LogP contribution >= 0.6 is 0 Å². The van der Waals surface area contributed by atoms with Crippen LogP contribution in [0.1, 0.15) is 0 Å². The molecule has 3 aromatic rings. The van der Waals surface area contributed by atoms with Crippen LogP contribution in [-0.4, -0.2) is 28.8 Å². The van der Waals surface area contributed by atoms with Crippen molar-refractivity contribution in [3.8, 4) is 22.8 Å². The van der Waals surface area contributed by atoms with Gasteiger partial charge in [-0.25, -0.2) is 8.91 Å². The molecule has 0 amide bonds. The number of ether oxygens (including phenoxy) is 2. The van der Waals surface area contributed by atoms with Gasteiger partial charge in [-0.05, 0) is 30.3 Å². The van der Waals surface area contributed by atoms with Crippen LogP contribution in [0.4, 0.5) is 10.3 Å². The van der Waals surface area contributed by atoms with Crippen LogP contribution in [0.2, 0.25) is 0 Å². The van der Waals surface area contributed by atoms with E-state index in [0.717, 1.165) is 0 Å². The van der Waals surface area contributed by atoms with E-state index in [9.17, 15) is 4.39 Å². The lowest BCUT2D eigenvalue weighted by molar-refractivity contribution is 0.386. The summed E-state index contributed by atoms with van der Waals surface area (Å²) in [6.45, 7) is 0. The number of rotatable bonds is 3. The molecule has 0 fully saturated rings. The van der Waals surface area contributed by atoms with Crippen molar-refractivity contribution in [2.75, 3.05) is 20.0 Å². The molecule has 0 unspecified atom stereocenters. The van der Waals surface area contributed by atoms with Gasteiger partial charge in [0.2, 0.25) is 5.95 Å². The minimum Gasteiger partial charge on any atom is -0.494 e. The van der Waals surface area contributed by atoms with E-state index in [1.165, 1.54) is 24.8 Å². The Bertz CT molecular complexity index is 816. The summed E-state index contributed by atoms with van der Waals surface area (Å²) in [6, 6.07) is 8.17. The molecular formula is C14H13FN4O2. The molecule has 2 heterocycles. The fraction of sp³-hybridized carbons (Fsp3) is 0.143. The molecular weight excluding hydrogens is 275 g/mol. The van der Waals surface area contributed by atoms with Gasteiger partial charge < -0.3 is 15.2 Å². The smallest absolute Gasteiger partial charge is 0.240 e. The number of hydrogen-bond donors (Lipinski definition) is 1. The maximum absolute atomic E-state index is 13.9. The van der Waals surface area contributed by atoms with Crippen molar-refractivity contribution >= 4 is 11.6 Å². The summed E-state index contributed by atoms with van der Waals surface area (Å²) in [6.07, 6.45) is 0. The molecule has 0 spiro atoms. The first-order valence-electron chi connectivity index (χ1n) is 6.17. The van der Waals surface area contributed by atoms with Crippen molar-refractivity contribution < 1.29 is 13.9 Å². The first-order chi connectivity index (χ1) is 10.1. The molecule has 6 nitrogen and oxygen atoms in total. The molecule has 0 bridgehead atoms. The molecule has 3 rings (SSSR count). The number of benzene rings is 1. The Labute approximate surface area is 119 Å². The van der Waals surface area contributed by atoms with Gasteiger partial charge in [0.15, 0.2) is 23.0 Å². The molecule has 0 saturated carbocycles. The quantitative estimate of drug-likeness (QED) is 0.799. The van der Waals surface area contributed by atoms with Gasteiger partial charge in [-0.1, -0.05) is 0 Å². The zero-order chi connectivity index (χ0) is 15.0. The second-order valence-corrected chi connectivity index (χ2v) is 4.34. The highest BCUT2D eigenvalue weighted by Crippen LogP contribution is 2.29. The van der Waals surface area contributed by atoms with Crippen LogP contribution in [0.25, 0.3) is 16.9 Å². The highest BCUT2D eigenvalue weighted by Gasteiger charge is 2.13. The normalized spacial score (nSPS) is 10.8. The van der Waals surface area contributed by atoms with Crippen LogP contribution in [0.15, 0.2) is 30.3 Å². The zero-order valence-electron chi connectivity index (χ0n) is 11.5. The first kappa shape index (κ1) is 13.2. The number of anilines is 1. The molecule has 21 heavy (non-hydrogen) atoms. The molecule has 0 saturated heterocycles. The monoisotopic (exact) mass is 288 g/mol. The molecule has 108 valence electrons. The van der Waals surface area contributed by atoms with E-state index in [2.05, 4.69) is 10.1 Å². The van der Waals surface area contributed by atoms with E-state index in [4.69, 9.17) is 15.2 Å². The maximum Gasteiger partial charge on any atom is 0.240 e. The number of halogens is 1. The lowest BCUT2D eigenvalue weighted by Gasteiger charge is -2.08. The summed E-state index contributed by atoms with van der Waals surface area (Å²) in [5, 5.41) is 4.12. The zero-order valence-corrected chi connectivity index (χ0v) is 11.5. The summed E-state index contributed by atoms with van der Waals surface area (Å²) in [5.41, 5.74) is 7.40. The number of pyridine rings is 1. The molecule has 0 radical (unpaired) electrons. The van der Waals surface area contributed by atoms with Crippen LogP contribution in [0, 0.1) is 5.82 Å². The van der Waals surface area contributed by atoms with Gasteiger partial charge in [0, 0.05) is 5.56 Å². The number of nitrogen functional groups attached to an aromatic ring is 1. The Morgan fingerprint density at radius 2 is 1.81 bits per heavy atom. The average molecular weight is 288 g/mol. The number of fused-ring (bicyclic) bond motifs is 1. The van der Waals surface area contributed by atoms with Crippen molar-refractivity contribution in [1.82, 2.24) is 14.6 Å². The largest absolute Gasteiger partial charge is 0.494 e. The lowest BCUT2D eigenvalue weighted by Crippen LogP contribution is -1.98. The van der Waals surface area contributed by atoms with Crippen molar-refractivity contribution in [3.63, 3.8) is 0 Å².